The summed E-state index contributed by atoms with van der Waals surface area (Å²) in [5, 5.41) is 2.10. The van der Waals surface area contributed by atoms with Gasteiger partial charge in [-0.1, -0.05) is 23.7 Å². The van der Waals surface area contributed by atoms with E-state index in [1.54, 1.807) is 24.3 Å². The number of carbonyl (C=O) groups is 1. The average molecular weight is 326 g/mol. The summed E-state index contributed by atoms with van der Waals surface area (Å²) < 4.78 is 0. The number of benzene rings is 2. The van der Waals surface area contributed by atoms with Crippen LogP contribution in [0.25, 0.3) is 11.0 Å². The molecule has 21 heavy (non-hydrogen) atoms. The van der Waals surface area contributed by atoms with Crippen LogP contribution in [0.5, 0.6) is 0 Å². The Balaban J connectivity index is 0.00000110. The lowest BCUT2D eigenvalue weighted by Crippen LogP contribution is -3.00. The molecule has 5 nitrogen and oxygen atoms in total. The summed E-state index contributed by atoms with van der Waals surface area (Å²) in [6, 6.07) is 14.4. The Hall–Kier alpha value is -1.92. The van der Waals surface area contributed by atoms with Crippen LogP contribution in [0.2, 0.25) is 5.02 Å². The van der Waals surface area contributed by atoms with Gasteiger partial charge in [0.25, 0.3) is 0 Å². The molecule has 0 aliphatic carbocycles. The molecule has 2 aromatic carbocycles. The molecule has 0 radical (unpaired) electrons. The minimum Gasteiger partial charge on any atom is -1.00 e. The fourth-order valence-corrected chi connectivity index (χ4v) is 1.99. The molecule has 0 fully saturated rings. The molecule has 5 N–H and O–H groups in total. The third kappa shape index (κ3) is 3.80. The standard InChI is InChI=1S/C14H10ClN3O.ClH.H2O/c15-10-7-5-9(6-8-10)13(19)18-14-16-11-3-1-2-4-12(11)17-14;;/h1-8H,(H2,16,17,18,19);1H;1H2. The van der Waals surface area contributed by atoms with Gasteiger partial charge in [0.05, 0.1) is 16.6 Å². The summed E-state index contributed by atoms with van der Waals surface area (Å²) in [7, 11) is 0. The van der Waals surface area contributed by atoms with E-state index in [0.717, 1.165) is 11.0 Å². The summed E-state index contributed by atoms with van der Waals surface area (Å²) in [5.41, 5.74) is 2.35. The fourth-order valence-electron chi connectivity index (χ4n) is 1.86. The topological polar surface area (TPSA) is 93.9 Å². The van der Waals surface area contributed by atoms with Gasteiger partial charge in [0.15, 0.2) is 0 Å². The third-order valence-corrected chi connectivity index (χ3v) is 3.06. The van der Waals surface area contributed by atoms with Crippen molar-refractivity contribution in [2.75, 3.05) is 0 Å². The number of nitrogens with one attached hydrogen (secondary N) is 1. The Bertz CT molecular complexity index is 708. The second kappa shape index (κ2) is 7.19. The number of aromatic nitrogens is 2. The van der Waals surface area contributed by atoms with Crippen LogP contribution in [0.3, 0.4) is 0 Å². The predicted molar refractivity (Wildman–Crippen MR) is 77.1 cm³/mol. The van der Waals surface area contributed by atoms with Crippen molar-refractivity contribution in [1.29, 1.82) is 0 Å². The number of para-hydroxylation sites is 2. The van der Waals surface area contributed by atoms with E-state index in [4.69, 9.17) is 11.6 Å². The van der Waals surface area contributed by atoms with Gasteiger partial charge in [-0.05, 0) is 36.4 Å². The van der Waals surface area contributed by atoms with Crippen LogP contribution in [0.15, 0.2) is 48.5 Å². The van der Waals surface area contributed by atoms with Gasteiger partial charge in [-0.25, -0.2) is 10.1 Å². The number of imidazole rings is 1. The molecule has 0 atom stereocenters. The summed E-state index contributed by atoms with van der Waals surface area (Å²) in [5.74, 6) is 0.455. The van der Waals surface area contributed by atoms with Gasteiger partial charge in [-0.3, -0.25) is 4.98 Å². The number of rotatable bonds is 2. The molecule has 0 unspecified atom stereocenters. The minimum atomic E-state index is -0.101. The molecule has 110 valence electrons. The van der Waals surface area contributed by atoms with Gasteiger partial charge >= 0.3 is 11.9 Å². The van der Waals surface area contributed by atoms with Crippen LogP contribution in [0.1, 0.15) is 10.4 Å². The highest BCUT2D eigenvalue weighted by molar-refractivity contribution is 6.30. The van der Waals surface area contributed by atoms with E-state index in [-0.39, 0.29) is 23.8 Å². The number of fused-ring (bicyclic) bond motifs is 1. The zero-order valence-electron chi connectivity index (χ0n) is 10.8. The molecular weight excluding hydrogens is 313 g/mol. The van der Waals surface area contributed by atoms with Crippen LogP contribution < -0.4 is 17.7 Å². The highest BCUT2D eigenvalue weighted by Gasteiger charge is 2.14. The van der Waals surface area contributed by atoms with Gasteiger partial charge in [0, 0.05) is 5.02 Å². The molecule has 0 spiro atoms. The zero-order valence-corrected chi connectivity index (χ0v) is 12.3. The van der Waals surface area contributed by atoms with E-state index in [1.165, 1.54) is 5.32 Å². The third-order valence-electron chi connectivity index (χ3n) is 2.80. The Labute approximate surface area is 132 Å². The van der Waals surface area contributed by atoms with Gasteiger partial charge < -0.3 is 17.9 Å². The second-order valence-corrected chi connectivity index (χ2v) is 4.59. The second-order valence-electron chi connectivity index (χ2n) is 4.15. The number of nitrogens with two attached hydrogens (primary N) is 1. The molecule has 0 aliphatic heterocycles. The van der Waals surface area contributed by atoms with Gasteiger partial charge in [0.1, 0.15) is 0 Å². The normalized spacial score (nSPS) is 9.76. The lowest BCUT2D eigenvalue weighted by atomic mass is 10.2. The molecule has 3 aromatic rings. The highest BCUT2D eigenvalue weighted by Crippen LogP contribution is 2.11. The molecule has 1 aromatic heterocycles. The van der Waals surface area contributed by atoms with E-state index in [0.29, 0.717) is 16.5 Å². The number of hydrogen-bond acceptors (Lipinski definition) is 2. The first-order valence-electron chi connectivity index (χ1n) is 5.82. The lowest BCUT2D eigenvalue weighted by Gasteiger charge is -1.96. The molecular formula is C14H13Cl2N3O2. The van der Waals surface area contributed by atoms with Crippen molar-refractivity contribution in [3.05, 3.63) is 59.1 Å². The van der Waals surface area contributed by atoms with E-state index in [9.17, 15) is 4.79 Å². The summed E-state index contributed by atoms with van der Waals surface area (Å²) in [4.78, 5) is 19.5. The number of halogens is 2. The van der Waals surface area contributed by atoms with Crippen LogP contribution in [0.4, 0.5) is 5.95 Å². The Morgan fingerprint density at radius 1 is 1.10 bits per heavy atom. The number of carbonyl (C=O) groups excluding carboxylic acids is 1. The van der Waals surface area contributed by atoms with Crippen LogP contribution >= 0.6 is 11.6 Å². The predicted octanol–water partition coefficient (Wildman–Crippen LogP) is -1.57. The molecule has 0 aliphatic rings. The highest BCUT2D eigenvalue weighted by atomic mass is 35.5. The number of aromatic amines is 1. The van der Waals surface area contributed by atoms with Crippen molar-refractivity contribution in [3.63, 3.8) is 0 Å². The fraction of sp³-hybridized carbons (Fsp3) is 0. The maximum atomic E-state index is 12.0. The number of primary amides is 1. The van der Waals surface area contributed by atoms with Crippen LogP contribution in [0, 0.1) is 0 Å². The minimum absolute atomic E-state index is 0. The first-order valence-corrected chi connectivity index (χ1v) is 6.19. The molecule has 3 rings (SSSR count). The first-order chi connectivity index (χ1) is 9.22. The first kappa shape index (κ1) is 17.1. The maximum Gasteiger partial charge on any atom is 0.350 e. The lowest BCUT2D eigenvalue weighted by molar-refractivity contribution is -0.471. The molecule has 0 bridgehead atoms. The number of hydrogen-bond donors (Lipinski definition) is 2. The zero-order chi connectivity index (χ0) is 13.2. The quantitative estimate of drug-likeness (QED) is 0.595. The van der Waals surface area contributed by atoms with Crippen molar-refractivity contribution in [2.45, 2.75) is 0 Å². The number of H-pyrrole nitrogens is 1. The molecule has 0 saturated carbocycles. The maximum absolute atomic E-state index is 12.0. The van der Waals surface area contributed by atoms with E-state index >= 15 is 0 Å². The van der Waals surface area contributed by atoms with Gasteiger partial charge in [-0.2, -0.15) is 4.98 Å². The van der Waals surface area contributed by atoms with Crippen LogP contribution in [-0.4, -0.2) is 21.4 Å². The van der Waals surface area contributed by atoms with Crippen molar-refractivity contribution >= 4 is 34.5 Å². The van der Waals surface area contributed by atoms with E-state index < -0.39 is 0 Å². The molecule has 1 amide bonds. The number of amides is 1. The molecule has 0 saturated heterocycles. The average Bonchev–Trinajstić information content (AvgIpc) is 2.81. The number of quaternary nitrogens is 1. The van der Waals surface area contributed by atoms with Gasteiger partial charge in [0.2, 0.25) is 0 Å². The monoisotopic (exact) mass is 325 g/mol. The van der Waals surface area contributed by atoms with E-state index in [1.807, 2.05) is 24.3 Å². The Kier molecular flexibility index (Phi) is 5.87. The van der Waals surface area contributed by atoms with Crippen molar-refractivity contribution in [2.24, 2.45) is 0 Å². The SMILES string of the molecule is O.O=C([NH2+]c1nc2ccccc2[nH]1)c1ccc(Cl)cc1.[Cl-]. The van der Waals surface area contributed by atoms with E-state index in [2.05, 4.69) is 9.97 Å². The summed E-state index contributed by atoms with van der Waals surface area (Å²) >= 11 is 5.79. The summed E-state index contributed by atoms with van der Waals surface area (Å²) in [6.07, 6.45) is 0. The smallest absolute Gasteiger partial charge is 0.350 e. The molecule has 7 heteroatoms. The van der Waals surface area contributed by atoms with Crippen molar-refractivity contribution in [1.82, 2.24) is 9.97 Å². The van der Waals surface area contributed by atoms with Crippen molar-refractivity contribution < 1.29 is 28.0 Å². The van der Waals surface area contributed by atoms with Crippen molar-refractivity contribution in [3.8, 4) is 0 Å². The number of nitrogens with zero attached hydrogens (tertiary/aromatic N) is 1. The summed E-state index contributed by atoms with van der Waals surface area (Å²) in [6.45, 7) is 0. The van der Waals surface area contributed by atoms with Gasteiger partial charge in [-0.15, -0.1) is 0 Å². The largest absolute Gasteiger partial charge is 1.00 e. The Morgan fingerprint density at radius 3 is 2.43 bits per heavy atom. The Morgan fingerprint density at radius 2 is 1.76 bits per heavy atom. The molecule has 1 heterocycles. The van der Waals surface area contributed by atoms with Crippen LogP contribution in [-0.2, 0) is 0 Å².